The summed E-state index contributed by atoms with van der Waals surface area (Å²) in [5.74, 6) is 1.70. The number of fused-ring (bicyclic) bond motifs is 1. The van der Waals surface area contributed by atoms with E-state index in [-0.39, 0.29) is 0 Å². The van der Waals surface area contributed by atoms with Gasteiger partial charge in [0.25, 0.3) is 0 Å². The molecule has 0 fully saturated rings. The second-order valence-electron chi connectivity index (χ2n) is 6.74. The Kier molecular flexibility index (Phi) is 4.61. The van der Waals surface area contributed by atoms with Crippen LogP contribution in [0, 0.1) is 13.8 Å². The van der Waals surface area contributed by atoms with Crippen molar-refractivity contribution in [3.05, 3.63) is 58.9 Å². The predicted octanol–water partition coefficient (Wildman–Crippen LogP) is 5.19. The standard InChI is InChI=1S/C21H27N3/c1-5-17(6-2)21-23-19-11-14(3)15(4)12-20(19)24(21)13-16-7-9-18(22)10-8-16/h7-12,17H,5-6,13,22H2,1-4H3. The van der Waals surface area contributed by atoms with Crippen molar-refractivity contribution in [2.45, 2.75) is 53.0 Å². The third-order valence-electron chi connectivity index (χ3n) is 5.06. The highest BCUT2D eigenvalue weighted by atomic mass is 15.1. The molecule has 0 aliphatic rings. The number of nitrogen functional groups attached to an aromatic ring is 1. The second kappa shape index (κ2) is 6.68. The molecule has 0 amide bonds. The van der Waals surface area contributed by atoms with Gasteiger partial charge >= 0.3 is 0 Å². The van der Waals surface area contributed by atoms with Crippen LogP contribution in [0.3, 0.4) is 0 Å². The number of hydrogen-bond donors (Lipinski definition) is 1. The van der Waals surface area contributed by atoms with Gasteiger partial charge in [0.15, 0.2) is 0 Å². The molecule has 1 aromatic heterocycles. The van der Waals surface area contributed by atoms with Crippen LogP contribution in [0.4, 0.5) is 5.69 Å². The Bertz CT molecular complexity index is 840. The zero-order valence-corrected chi connectivity index (χ0v) is 15.1. The molecule has 126 valence electrons. The molecule has 24 heavy (non-hydrogen) atoms. The Labute approximate surface area is 144 Å². The number of benzene rings is 2. The van der Waals surface area contributed by atoms with Crippen molar-refractivity contribution >= 4 is 16.7 Å². The van der Waals surface area contributed by atoms with Crippen molar-refractivity contribution < 1.29 is 0 Å². The molecule has 3 aromatic rings. The monoisotopic (exact) mass is 321 g/mol. The van der Waals surface area contributed by atoms with Gasteiger partial charge in [-0.2, -0.15) is 0 Å². The summed E-state index contributed by atoms with van der Waals surface area (Å²) in [5.41, 5.74) is 12.9. The third-order valence-corrected chi connectivity index (χ3v) is 5.06. The van der Waals surface area contributed by atoms with E-state index in [9.17, 15) is 0 Å². The summed E-state index contributed by atoms with van der Waals surface area (Å²) in [4.78, 5) is 5.01. The zero-order valence-electron chi connectivity index (χ0n) is 15.1. The number of aryl methyl sites for hydroxylation is 2. The van der Waals surface area contributed by atoms with E-state index in [1.807, 2.05) is 12.1 Å². The zero-order chi connectivity index (χ0) is 17.3. The van der Waals surface area contributed by atoms with Crippen LogP contribution in [0.15, 0.2) is 36.4 Å². The Balaban J connectivity index is 2.15. The molecule has 0 saturated carbocycles. The molecular weight excluding hydrogens is 294 g/mol. The van der Waals surface area contributed by atoms with Crippen molar-refractivity contribution in [2.75, 3.05) is 5.73 Å². The van der Waals surface area contributed by atoms with E-state index in [2.05, 4.69) is 56.5 Å². The maximum Gasteiger partial charge on any atom is 0.113 e. The maximum atomic E-state index is 5.83. The molecule has 0 radical (unpaired) electrons. The summed E-state index contributed by atoms with van der Waals surface area (Å²) >= 11 is 0. The van der Waals surface area contributed by atoms with Crippen molar-refractivity contribution in [1.82, 2.24) is 9.55 Å². The average molecular weight is 321 g/mol. The fourth-order valence-corrected chi connectivity index (χ4v) is 3.34. The van der Waals surface area contributed by atoms with Gasteiger partial charge in [-0.15, -0.1) is 0 Å². The van der Waals surface area contributed by atoms with Gasteiger partial charge in [-0.1, -0.05) is 26.0 Å². The average Bonchev–Trinajstić information content (AvgIpc) is 2.89. The van der Waals surface area contributed by atoms with Crippen LogP contribution >= 0.6 is 0 Å². The minimum absolute atomic E-state index is 0.492. The fourth-order valence-electron chi connectivity index (χ4n) is 3.34. The first kappa shape index (κ1) is 16.6. The summed E-state index contributed by atoms with van der Waals surface area (Å²) < 4.78 is 2.39. The second-order valence-corrected chi connectivity index (χ2v) is 6.74. The molecule has 2 aromatic carbocycles. The lowest BCUT2D eigenvalue weighted by Crippen LogP contribution is -2.09. The number of rotatable bonds is 5. The fraction of sp³-hybridized carbons (Fsp3) is 0.381. The smallest absolute Gasteiger partial charge is 0.113 e. The first-order valence-corrected chi connectivity index (χ1v) is 8.85. The number of anilines is 1. The lowest BCUT2D eigenvalue weighted by Gasteiger charge is -2.16. The van der Waals surface area contributed by atoms with Crippen LogP contribution in [0.5, 0.6) is 0 Å². The molecule has 1 heterocycles. The van der Waals surface area contributed by atoms with Crippen molar-refractivity contribution in [2.24, 2.45) is 0 Å². The Hall–Kier alpha value is -2.29. The van der Waals surface area contributed by atoms with Gasteiger partial charge < -0.3 is 10.3 Å². The van der Waals surface area contributed by atoms with Gasteiger partial charge in [-0.05, 0) is 67.6 Å². The summed E-state index contributed by atoms with van der Waals surface area (Å²) in [6.07, 6.45) is 2.22. The molecule has 0 spiro atoms. The largest absolute Gasteiger partial charge is 0.399 e. The SMILES string of the molecule is CCC(CC)c1nc2cc(C)c(C)cc2n1Cc1ccc(N)cc1. The molecule has 0 aliphatic heterocycles. The van der Waals surface area contributed by atoms with Crippen LogP contribution in [0.2, 0.25) is 0 Å². The molecule has 0 bridgehead atoms. The summed E-state index contributed by atoms with van der Waals surface area (Å²) in [6, 6.07) is 12.7. The molecular formula is C21H27N3. The van der Waals surface area contributed by atoms with Crippen LogP contribution in [-0.2, 0) is 6.54 Å². The van der Waals surface area contributed by atoms with E-state index in [4.69, 9.17) is 10.7 Å². The molecule has 0 atom stereocenters. The van der Waals surface area contributed by atoms with Gasteiger partial charge in [-0.3, -0.25) is 0 Å². The van der Waals surface area contributed by atoms with Crippen molar-refractivity contribution in [3.63, 3.8) is 0 Å². The Morgan fingerprint density at radius 1 is 1.00 bits per heavy atom. The summed E-state index contributed by atoms with van der Waals surface area (Å²) in [6.45, 7) is 9.66. The lowest BCUT2D eigenvalue weighted by molar-refractivity contribution is 0.570. The number of aromatic nitrogens is 2. The Morgan fingerprint density at radius 3 is 2.25 bits per heavy atom. The molecule has 0 aliphatic carbocycles. The normalized spacial score (nSPS) is 11.5. The highest BCUT2D eigenvalue weighted by molar-refractivity contribution is 5.78. The number of hydrogen-bond acceptors (Lipinski definition) is 2. The maximum absolute atomic E-state index is 5.83. The Morgan fingerprint density at radius 2 is 1.62 bits per heavy atom. The molecule has 0 saturated heterocycles. The number of nitrogens with zero attached hydrogens (tertiary/aromatic N) is 2. The predicted molar refractivity (Wildman–Crippen MR) is 102 cm³/mol. The first-order chi connectivity index (χ1) is 11.5. The van der Waals surface area contributed by atoms with Gasteiger partial charge in [0.05, 0.1) is 11.0 Å². The van der Waals surface area contributed by atoms with E-state index < -0.39 is 0 Å². The summed E-state index contributed by atoms with van der Waals surface area (Å²) in [7, 11) is 0. The van der Waals surface area contributed by atoms with Crippen molar-refractivity contribution in [1.29, 1.82) is 0 Å². The summed E-state index contributed by atoms with van der Waals surface area (Å²) in [5, 5.41) is 0. The minimum atomic E-state index is 0.492. The van der Waals surface area contributed by atoms with Crippen LogP contribution in [0.1, 0.15) is 55.1 Å². The highest BCUT2D eigenvalue weighted by Crippen LogP contribution is 2.29. The minimum Gasteiger partial charge on any atom is -0.399 e. The highest BCUT2D eigenvalue weighted by Gasteiger charge is 2.18. The van der Waals surface area contributed by atoms with E-state index in [1.54, 1.807) is 0 Å². The van der Waals surface area contributed by atoms with Gasteiger partial charge in [0.1, 0.15) is 5.82 Å². The number of nitrogens with two attached hydrogens (primary N) is 1. The van der Waals surface area contributed by atoms with Gasteiger partial charge in [-0.25, -0.2) is 4.98 Å². The van der Waals surface area contributed by atoms with Crippen LogP contribution in [0.25, 0.3) is 11.0 Å². The van der Waals surface area contributed by atoms with Crippen LogP contribution < -0.4 is 5.73 Å². The van der Waals surface area contributed by atoms with Crippen LogP contribution in [-0.4, -0.2) is 9.55 Å². The number of imidazole rings is 1. The van der Waals surface area contributed by atoms with E-state index >= 15 is 0 Å². The van der Waals surface area contributed by atoms with Crippen molar-refractivity contribution in [3.8, 4) is 0 Å². The molecule has 0 unspecified atom stereocenters. The molecule has 3 nitrogen and oxygen atoms in total. The molecule has 2 N–H and O–H groups in total. The lowest BCUT2D eigenvalue weighted by atomic mass is 10.0. The topological polar surface area (TPSA) is 43.8 Å². The van der Waals surface area contributed by atoms with Gasteiger partial charge in [0.2, 0.25) is 0 Å². The molecule has 3 rings (SSSR count). The van der Waals surface area contributed by atoms with E-state index in [0.717, 1.165) is 30.6 Å². The quantitative estimate of drug-likeness (QED) is 0.657. The first-order valence-electron chi connectivity index (χ1n) is 8.85. The van der Waals surface area contributed by atoms with Gasteiger partial charge in [0, 0.05) is 18.2 Å². The third kappa shape index (κ3) is 3.03. The molecule has 3 heteroatoms. The van der Waals surface area contributed by atoms with E-state index in [0.29, 0.717) is 5.92 Å². The van der Waals surface area contributed by atoms with E-state index in [1.165, 1.54) is 28.0 Å².